The Morgan fingerprint density at radius 3 is 2.61 bits per heavy atom. The second kappa shape index (κ2) is 6.40. The zero-order valence-corrected chi connectivity index (χ0v) is 11.1. The van der Waals surface area contributed by atoms with Crippen molar-refractivity contribution in [2.75, 3.05) is 13.2 Å². The highest BCUT2D eigenvalue weighted by Crippen LogP contribution is 2.14. The molecule has 0 aliphatic heterocycles. The van der Waals surface area contributed by atoms with Crippen molar-refractivity contribution >= 4 is 5.97 Å². The van der Waals surface area contributed by atoms with Crippen LogP contribution in [0.5, 0.6) is 5.75 Å². The molecule has 0 aromatic heterocycles. The fourth-order valence-corrected chi connectivity index (χ4v) is 1.35. The summed E-state index contributed by atoms with van der Waals surface area (Å²) in [6, 6.07) is 6.48. The molecule has 4 heteroatoms. The van der Waals surface area contributed by atoms with Crippen molar-refractivity contribution in [3.8, 4) is 5.75 Å². The summed E-state index contributed by atoms with van der Waals surface area (Å²) < 4.78 is 11.0. The van der Waals surface area contributed by atoms with Crippen LogP contribution in [0, 0.1) is 0 Å². The Labute approximate surface area is 108 Å². The van der Waals surface area contributed by atoms with E-state index in [2.05, 4.69) is 0 Å². The average molecular weight is 252 g/mol. The SMILES string of the molecule is CC(C)(C)OCCCOc1cccc(C(=O)O)c1. The number of aromatic carboxylic acids is 1. The van der Waals surface area contributed by atoms with Crippen molar-refractivity contribution in [2.45, 2.75) is 32.8 Å². The van der Waals surface area contributed by atoms with Gasteiger partial charge in [-0.05, 0) is 39.0 Å². The van der Waals surface area contributed by atoms with Crippen molar-refractivity contribution in [1.82, 2.24) is 0 Å². The fraction of sp³-hybridized carbons (Fsp3) is 0.500. The summed E-state index contributed by atoms with van der Waals surface area (Å²) in [6.45, 7) is 7.15. The zero-order valence-electron chi connectivity index (χ0n) is 11.1. The molecule has 0 heterocycles. The van der Waals surface area contributed by atoms with E-state index in [0.29, 0.717) is 19.0 Å². The van der Waals surface area contributed by atoms with Crippen molar-refractivity contribution in [3.63, 3.8) is 0 Å². The van der Waals surface area contributed by atoms with Crippen LogP contribution in [0.3, 0.4) is 0 Å². The minimum absolute atomic E-state index is 0.136. The topological polar surface area (TPSA) is 55.8 Å². The van der Waals surface area contributed by atoms with E-state index >= 15 is 0 Å². The number of carbonyl (C=O) groups is 1. The number of benzene rings is 1. The minimum atomic E-state index is -0.948. The van der Waals surface area contributed by atoms with Gasteiger partial charge in [0.05, 0.1) is 24.4 Å². The first-order valence-electron chi connectivity index (χ1n) is 5.98. The quantitative estimate of drug-likeness (QED) is 0.791. The molecule has 0 bridgehead atoms. The third kappa shape index (κ3) is 5.68. The lowest BCUT2D eigenvalue weighted by atomic mass is 10.2. The van der Waals surface area contributed by atoms with Gasteiger partial charge in [-0.2, -0.15) is 0 Å². The second-order valence-corrected chi connectivity index (χ2v) is 5.00. The standard InChI is InChI=1S/C14H20O4/c1-14(2,3)18-9-5-8-17-12-7-4-6-11(10-12)13(15)16/h4,6-7,10H,5,8-9H2,1-3H3,(H,15,16). The molecule has 0 spiro atoms. The monoisotopic (exact) mass is 252 g/mol. The summed E-state index contributed by atoms with van der Waals surface area (Å²) in [5.41, 5.74) is 0.0990. The number of hydrogen-bond acceptors (Lipinski definition) is 3. The maximum Gasteiger partial charge on any atom is 0.335 e. The Balaban J connectivity index is 2.31. The van der Waals surface area contributed by atoms with Gasteiger partial charge in [0.15, 0.2) is 0 Å². The van der Waals surface area contributed by atoms with Crippen molar-refractivity contribution in [2.24, 2.45) is 0 Å². The lowest BCUT2D eigenvalue weighted by molar-refractivity contribution is -0.00770. The summed E-state index contributed by atoms with van der Waals surface area (Å²) in [5.74, 6) is -0.373. The Bertz CT molecular complexity index is 393. The van der Waals surface area contributed by atoms with Gasteiger partial charge in [-0.3, -0.25) is 0 Å². The smallest absolute Gasteiger partial charge is 0.335 e. The zero-order chi connectivity index (χ0) is 13.6. The summed E-state index contributed by atoms with van der Waals surface area (Å²) >= 11 is 0. The van der Waals surface area contributed by atoms with E-state index in [4.69, 9.17) is 14.6 Å². The van der Waals surface area contributed by atoms with Crippen LogP contribution in [-0.4, -0.2) is 29.9 Å². The second-order valence-electron chi connectivity index (χ2n) is 5.00. The van der Waals surface area contributed by atoms with Crippen molar-refractivity contribution in [3.05, 3.63) is 29.8 Å². The fourth-order valence-electron chi connectivity index (χ4n) is 1.35. The molecule has 0 fully saturated rings. The molecule has 18 heavy (non-hydrogen) atoms. The first kappa shape index (κ1) is 14.5. The van der Waals surface area contributed by atoms with Crippen LogP contribution in [0.1, 0.15) is 37.6 Å². The third-order valence-electron chi connectivity index (χ3n) is 2.17. The molecule has 0 aliphatic rings. The number of rotatable bonds is 6. The van der Waals surface area contributed by atoms with E-state index in [-0.39, 0.29) is 11.2 Å². The summed E-state index contributed by atoms with van der Waals surface area (Å²) in [7, 11) is 0. The van der Waals surface area contributed by atoms with E-state index in [9.17, 15) is 4.79 Å². The molecule has 0 saturated heterocycles. The first-order chi connectivity index (χ1) is 8.38. The van der Waals surface area contributed by atoms with Gasteiger partial charge in [0, 0.05) is 6.42 Å². The van der Waals surface area contributed by atoms with Crippen LogP contribution in [0.2, 0.25) is 0 Å². The molecule has 0 unspecified atom stereocenters. The van der Waals surface area contributed by atoms with Gasteiger partial charge >= 0.3 is 5.97 Å². The molecule has 1 aromatic rings. The number of ether oxygens (including phenoxy) is 2. The van der Waals surface area contributed by atoms with Gasteiger partial charge in [0.1, 0.15) is 5.75 Å². The molecular formula is C14H20O4. The summed E-state index contributed by atoms with van der Waals surface area (Å²) in [6.07, 6.45) is 0.772. The molecule has 100 valence electrons. The normalized spacial score (nSPS) is 11.3. The maximum atomic E-state index is 10.8. The largest absolute Gasteiger partial charge is 0.493 e. The summed E-state index contributed by atoms with van der Waals surface area (Å²) in [5, 5.41) is 8.83. The van der Waals surface area contributed by atoms with Gasteiger partial charge < -0.3 is 14.6 Å². The Morgan fingerprint density at radius 2 is 2.00 bits per heavy atom. The highest BCUT2D eigenvalue weighted by atomic mass is 16.5. The third-order valence-corrected chi connectivity index (χ3v) is 2.17. The van der Waals surface area contributed by atoms with Crippen LogP contribution in [-0.2, 0) is 4.74 Å². The molecule has 1 rings (SSSR count). The molecule has 4 nitrogen and oxygen atoms in total. The Kier molecular flexibility index (Phi) is 5.16. The highest BCUT2D eigenvalue weighted by Gasteiger charge is 2.09. The number of carboxylic acids is 1. The van der Waals surface area contributed by atoms with Crippen LogP contribution >= 0.6 is 0 Å². The molecule has 1 aromatic carbocycles. The lowest BCUT2D eigenvalue weighted by Gasteiger charge is -2.19. The van der Waals surface area contributed by atoms with Crippen LogP contribution in [0.15, 0.2) is 24.3 Å². The van der Waals surface area contributed by atoms with E-state index in [1.807, 2.05) is 20.8 Å². The van der Waals surface area contributed by atoms with E-state index in [0.717, 1.165) is 6.42 Å². The number of carboxylic acid groups (broad SMARTS) is 1. The Morgan fingerprint density at radius 1 is 1.28 bits per heavy atom. The van der Waals surface area contributed by atoms with Gasteiger partial charge in [-0.25, -0.2) is 4.79 Å². The van der Waals surface area contributed by atoms with Gasteiger partial charge in [0.25, 0.3) is 0 Å². The van der Waals surface area contributed by atoms with Gasteiger partial charge in [0.2, 0.25) is 0 Å². The van der Waals surface area contributed by atoms with Gasteiger partial charge in [-0.15, -0.1) is 0 Å². The van der Waals surface area contributed by atoms with Crippen LogP contribution in [0.25, 0.3) is 0 Å². The van der Waals surface area contributed by atoms with Crippen molar-refractivity contribution in [1.29, 1.82) is 0 Å². The summed E-state index contributed by atoms with van der Waals surface area (Å²) in [4.78, 5) is 10.8. The first-order valence-corrected chi connectivity index (χ1v) is 5.98. The van der Waals surface area contributed by atoms with E-state index in [1.165, 1.54) is 12.1 Å². The van der Waals surface area contributed by atoms with Crippen LogP contribution in [0.4, 0.5) is 0 Å². The predicted molar refractivity (Wildman–Crippen MR) is 69.2 cm³/mol. The lowest BCUT2D eigenvalue weighted by Crippen LogP contribution is -2.20. The Hall–Kier alpha value is -1.55. The molecular weight excluding hydrogens is 232 g/mol. The van der Waals surface area contributed by atoms with E-state index in [1.54, 1.807) is 12.1 Å². The van der Waals surface area contributed by atoms with E-state index < -0.39 is 5.97 Å². The minimum Gasteiger partial charge on any atom is -0.493 e. The number of hydrogen-bond donors (Lipinski definition) is 1. The van der Waals surface area contributed by atoms with Crippen LogP contribution < -0.4 is 4.74 Å². The molecule has 0 atom stereocenters. The molecule has 0 saturated carbocycles. The van der Waals surface area contributed by atoms with Gasteiger partial charge in [-0.1, -0.05) is 6.07 Å². The average Bonchev–Trinajstić information content (AvgIpc) is 2.27. The molecule has 0 amide bonds. The van der Waals surface area contributed by atoms with Crippen molar-refractivity contribution < 1.29 is 19.4 Å². The molecule has 1 N–H and O–H groups in total. The molecule has 0 aliphatic carbocycles. The predicted octanol–water partition coefficient (Wildman–Crippen LogP) is 2.97. The molecule has 0 radical (unpaired) electrons. The highest BCUT2D eigenvalue weighted by molar-refractivity contribution is 5.87. The maximum absolute atomic E-state index is 10.8.